The van der Waals surface area contributed by atoms with Gasteiger partial charge in [0.25, 0.3) is 0 Å². The van der Waals surface area contributed by atoms with Gasteiger partial charge >= 0.3 is 0 Å². The zero-order chi connectivity index (χ0) is 12.3. The summed E-state index contributed by atoms with van der Waals surface area (Å²) in [7, 11) is 1.96. The van der Waals surface area contributed by atoms with E-state index >= 15 is 0 Å². The molecule has 0 atom stereocenters. The van der Waals surface area contributed by atoms with Crippen LogP contribution in [0.1, 0.15) is 11.4 Å². The second kappa shape index (κ2) is 5.47. The lowest BCUT2D eigenvalue weighted by Gasteiger charge is -2.04. The van der Waals surface area contributed by atoms with Gasteiger partial charge in [0.05, 0.1) is 5.69 Å². The highest BCUT2D eigenvalue weighted by Gasteiger charge is 2.11. The van der Waals surface area contributed by atoms with Crippen LogP contribution in [0.5, 0.6) is 0 Å². The van der Waals surface area contributed by atoms with Crippen LogP contribution in [0.4, 0.5) is 0 Å². The molecule has 0 bridgehead atoms. The summed E-state index contributed by atoms with van der Waals surface area (Å²) in [6.07, 6.45) is 0.937. The Labute approximate surface area is 110 Å². The van der Waals surface area contributed by atoms with Gasteiger partial charge in [0, 0.05) is 28.7 Å². The van der Waals surface area contributed by atoms with Gasteiger partial charge in [-0.1, -0.05) is 28.1 Å². The topological polar surface area (TPSA) is 40.7 Å². The third-order valence-corrected chi connectivity index (χ3v) is 3.30. The Hall–Kier alpha value is -1.13. The molecule has 0 saturated heterocycles. The van der Waals surface area contributed by atoms with Gasteiger partial charge in [-0.15, -0.1) is 0 Å². The number of aromatic nitrogens is 2. The highest BCUT2D eigenvalue weighted by Crippen LogP contribution is 2.27. The van der Waals surface area contributed by atoms with Gasteiger partial charge in [-0.25, -0.2) is 0 Å². The maximum Gasteiger partial charge on any atom is 0.0715 e. The summed E-state index contributed by atoms with van der Waals surface area (Å²) in [6, 6.07) is 8.35. The van der Waals surface area contributed by atoms with E-state index in [-0.39, 0.29) is 0 Å². The first-order chi connectivity index (χ1) is 8.22. The lowest BCUT2D eigenvalue weighted by atomic mass is 10.0. The molecule has 2 rings (SSSR count). The zero-order valence-corrected chi connectivity index (χ0v) is 11.6. The largest absolute Gasteiger partial charge is 0.319 e. The van der Waals surface area contributed by atoms with E-state index in [9.17, 15) is 0 Å². The van der Waals surface area contributed by atoms with E-state index in [1.165, 1.54) is 11.1 Å². The van der Waals surface area contributed by atoms with E-state index in [1.54, 1.807) is 0 Å². The van der Waals surface area contributed by atoms with Crippen molar-refractivity contribution < 1.29 is 0 Å². The van der Waals surface area contributed by atoms with Crippen molar-refractivity contribution in [2.45, 2.75) is 13.3 Å². The molecule has 90 valence electrons. The summed E-state index contributed by atoms with van der Waals surface area (Å²) in [5, 5.41) is 10.6. The molecule has 1 aromatic heterocycles. The maximum atomic E-state index is 4.38. The SMILES string of the molecule is CNCCc1n[nH]c(C)c1-c1ccc(Br)cc1. The van der Waals surface area contributed by atoms with Crippen LogP contribution in [0.25, 0.3) is 11.1 Å². The molecule has 0 unspecified atom stereocenters. The third-order valence-electron chi connectivity index (χ3n) is 2.77. The van der Waals surface area contributed by atoms with E-state index in [0.29, 0.717) is 0 Å². The van der Waals surface area contributed by atoms with Gasteiger partial charge in [-0.05, 0) is 31.7 Å². The Morgan fingerprint density at radius 3 is 2.65 bits per heavy atom. The second-order valence-corrected chi connectivity index (χ2v) is 4.95. The van der Waals surface area contributed by atoms with Crippen molar-refractivity contribution in [2.75, 3.05) is 13.6 Å². The van der Waals surface area contributed by atoms with Crippen molar-refractivity contribution in [1.29, 1.82) is 0 Å². The Balaban J connectivity index is 2.36. The first-order valence-electron chi connectivity index (χ1n) is 5.66. The van der Waals surface area contributed by atoms with Gasteiger partial charge in [-0.3, -0.25) is 5.10 Å². The second-order valence-electron chi connectivity index (χ2n) is 4.03. The van der Waals surface area contributed by atoms with Crippen molar-refractivity contribution >= 4 is 15.9 Å². The number of likely N-dealkylation sites (N-methyl/N-ethyl adjacent to an activating group) is 1. The van der Waals surface area contributed by atoms with Gasteiger partial charge in [0.1, 0.15) is 0 Å². The van der Waals surface area contributed by atoms with Crippen LogP contribution in [-0.4, -0.2) is 23.8 Å². The molecule has 0 aliphatic rings. The molecule has 0 aliphatic heterocycles. The molecule has 3 nitrogen and oxygen atoms in total. The number of rotatable bonds is 4. The summed E-state index contributed by atoms with van der Waals surface area (Å²) in [5.74, 6) is 0. The van der Waals surface area contributed by atoms with Crippen LogP contribution in [0.3, 0.4) is 0 Å². The predicted molar refractivity (Wildman–Crippen MR) is 74.1 cm³/mol. The molecular weight excluding hydrogens is 278 g/mol. The molecule has 0 saturated carbocycles. The molecule has 0 fully saturated rings. The quantitative estimate of drug-likeness (QED) is 0.910. The fourth-order valence-electron chi connectivity index (χ4n) is 1.90. The smallest absolute Gasteiger partial charge is 0.0715 e. The highest BCUT2D eigenvalue weighted by molar-refractivity contribution is 9.10. The van der Waals surface area contributed by atoms with E-state index in [1.807, 2.05) is 7.05 Å². The van der Waals surface area contributed by atoms with Gasteiger partial charge in [0.2, 0.25) is 0 Å². The van der Waals surface area contributed by atoms with Crippen LogP contribution in [0, 0.1) is 6.92 Å². The van der Waals surface area contributed by atoms with Crippen LogP contribution < -0.4 is 5.32 Å². The van der Waals surface area contributed by atoms with E-state index in [4.69, 9.17) is 0 Å². The molecule has 0 spiro atoms. The Morgan fingerprint density at radius 1 is 1.29 bits per heavy atom. The number of hydrogen-bond donors (Lipinski definition) is 2. The minimum Gasteiger partial charge on any atom is -0.319 e. The number of halogens is 1. The molecular formula is C13H16BrN3. The number of nitrogens with zero attached hydrogens (tertiary/aromatic N) is 1. The zero-order valence-electron chi connectivity index (χ0n) is 10.0. The Bertz CT molecular complexity index is 488. The summed E-state index contributed by atoms with van der Waals surface area (Å²) >= 11 is 3.45. The predicted octanol–water partition coefficient (Wildman–Crippen LogP) is 2.91. The monoisotopic (exact) mass is 293 g/mol. The van der Waals surface area contributed by atoms with Crippen LogP contribution in [-0.2, 0) is 6.42 Å². The third kappa shape index (κ3) is 2.76. The van der Waals surface area contributed by atoms with Crippen molar-refractivity contribution in [3.63, 3.8) is 0 Å². The lowest BCUT2D eigenvalue weighted by Crippen LogP contribution is -2.11. The van der Waals surface area contributed by atoms with Crippen molar-refractivity contribution in [1.82, 2.24) is 15.5 Å². The summed E-state index contributed by atoms with van der Waals surface area (Å²) in [6.45, 7) is 3.00. The van der Waals surface area contributed by atoms with E-state index < -0.39 is 0 Å². The lowest BCUT2D eigenvalue weighted by molar-refractivity contribution is 0.773. The van der Waals surface area contributed by atoms with Crippen LogP contribution in [0.2, 0.25) is 0 Å². The van der Waals surface area contributed by atoms with Crippen LogP contribution >= 0.6 is 15.9 Å². The normalized spacial score (nSPS) is 10.8. The molecule has 1 aromatic carbocycles. The molecule has 0 amide bonds. The molecule has 0 aliphatic carbocycles. The highest BCUT2D eigenvalue weighted by atomic mass is 79.9. The van der Waals surface area contributed by atoms with Crippen LogP contribution in [0.15, 0.2) is 28.7 Å². The summed E-state index contributed by atoms with van der Waals surface area (Å²) < 4.78 is 1.10. The number of hydrogen-bond acceptors (Lipinski definition) is 2. The Morgan fingerprint density at radius 2 is 2.00 bits per heavy atom. The molecule has 2 N–H and O–H groups in total. The summed E-state index contributed by atoms with van der Waals surface area (Å²) in [5.41, 5.74) is 4.69. The standard InChI is InChI=1S/C13H16BrN3/c1-9-13(10-3-5-11(14)6-4-10)12(17-16-9)7-8-15-2/h3-6,15H,7-8H2,1-2H3,(H,16,17). The average Bonchev–Trinajstić information content (AvgIpc) is 2.69. The molecule has 2 aromatic rings. The van der Waals surface area contributed by atoms with E-state index in [2.05, 4.69) is 62.6 Å². The number of aromatic amines is 1. The number of aryl methyl sites for hydroxylation is 1. The van der Waals surface area contributed by atoms with Gasteiger partial charge < -0.3 is 5.32 Å². The van der Waals surface area contributed by atoms with Crippen molar-refractivity contribution in [3.8, 4) is 11.1 Å². The summed E-state index contributed by atoms with van der Waals surface area (Å²) in [4.78, 5) is 0. The number of benzene rings is 1. The van der Waals surface area contributed by atoms with E-state index in [0.717, 1.165) is 28.8 Å². The first-order valence-corrected chi connectivity index (χ1v) is 6.46. The fourth-order valence-corrected chi connectivity index (χ4v) is 2.17. The molecule has 1 heterocycles. The fraction of sp³-hybridized carbons (Fsp3) is 0.308. The molecule has 4 heteroatoms. The first kappa shape index (κ1) is 12.3. The minimum atomic E-state index is 0.937. The van der Waals surface area contributed by atoms with Gasteiger partial charge in [0.15, 0.2) is 0 Å². The maximum absolute atomic E-state index is 4.38. The number of H-pyrrole nitrogens is 1. The van der Waals surface area contributed by atoms with Crippen molar-refractivity contribution in [3.05, 3.63) is 40.1 Å². The Kier molecular flexibility index (Phi) is 3.97. The average molecular weight is 294 g/mol. The minimum absolute atomic E-state index is 0.937. The molecule has 0 radical (unpaired) electrons. The molecule has 17 heavy (non-hydrogen) atoms. The van der Waals surface area contributed by atoms with Crippen molar-refractivity contribution in [2.24, 2.45) is 0 Å². The number of nitrogens with one attached hydrogen (secondary N) is 2. The van der Waals surface area contributed by atoms with Gasteiger partial charge in [-0.2, -0.15) is 5.10 Å².